The molecule has 0 spiro atoms. The lowest BCUT2D eigenvalue weighted by molar-refractivity contribution is -0.122. The predicted octanol–water partition coefficient (Wildman–Crippen LogP) is 2.71. The number of nitrogens with one attached hydrogen (secondary N) is 2. The quantitative estimate of drug-likeness (QED) is 0.802. The fraction of sp³-hybridized carbons (Fsp3) is 0.529. The molecule has 5 nitrogen and oxygen atoms in total. The highest BCUT2D eigenvalue weighted by Gasteiger charge is 2.39. The molecule has 1 saturated carbocycles. The number of methoxy groups -OCH3 is 1. The SMILES string of the molecule is COCC(=O)Nc1cccc(CNC(=O)CC2CCC(F)(F)C2)c1. The minimum Gasteiger partial charge on any atom is -0.375 e. The van der Waals surface area contributed by atoms with E-state index in [0.29, 0.717) is 12.1 Å². The van der Waals surface area contributed by atoms with E-state index in [4.69, 9.17) is 4.74 Å². The van der Waals surface area contributed by atoms with E-state index in [-0.39, 0.29) is 50.1 Å². The largest absolute Gasteiger partial charge is 0.375 e. The maximum absolute atomic E-state index is 13.1. The number of hydrogen-bond acceptors (Lipinski definition) is 3. The molecule has 1 aliphatic rings. The number of hydrogen-bond donors (Lipinski definition) is 2. The summed E-state index contributed by atoms with van der Waals surface area (Å²) in [6.07, 6.45) is 0.177. The molecule has 1 atom stereocenters. The van der Waals surface area contributed by atoms with E-state index in [2.05, 4.69) is 10.6 Å². The van der Waals surface area contributed by atoms with Gasteiger partial charge in [0.2, 0.25) is 17.7 Å². The van der Waals surface area contributed by atoms with Crippen molar-refractivity contribution >= 4 is 17.5 Å². The molecule has 0 aromatic heterocycles. The minimum absolute atomic E-state index is 0.0347. The zero-order valence-corrected chi connectivity index (χ0v) is 13.6. The van der Waals surface area contributed by atoms with Gasteiger partial charge in [0.1, 0.15) is 6.61 Å². The molecule has 0 saturated heterocycles. The molecule has 7 heteroatoms. The van der Waals surface area contributed by atoms with Crippen LogP contribution in [0.15, 0.2) is 24.3 Å². The highest BCUT2D eigenvalue weighted by Crippen LogP contribution is 2.40. The number of carbonyl (C=O) groups is 2. The molecule has 0 bridgehead atoms. The average molecular weight is 340 g/mol. The molecule has 0 radical (unpaired) electrons. The standard InChI is InChI=1S/C17H22F2N2O3/c1-24-11-16(23)21-14-4-2-3-13(7-14)10-20-15(22)8-12-5-6-17(18,19)9-12/h2-4,7,12H,5-6,8-11H2,1H3,(H,20,22)(H,21,23). The molecule has 1 unspecified atom stereocenters. The Hall–Kier alpha value is -2.02. The predicted molar refractivity (Wildman–Crippen MR) is 85.7 cm³/mol. The van der Waals surface area contributed by atoms with Gasteiger partial charge in [0, 0.05) is 38.6 Å². The first-order chi connectivity index (χ1) is 11.4. The van der Waals surface area contributed by atoms with Crippen molar-refractivity contribution in [3.8, 4) is 0 Å². The van der Waals surface area contributed by atoms with Crippen molar-refractivity contribution in [2.45, 2.75) is 38.2 Å². The normalized spacial score (nSPS) is 19.0. The zero-order chi connectivity index (χ0) is 17.6. The van der Waals surface area contributed by atoms with Crippen molar-refractivity contribution in [1.82, 2.24) is 5.32 Å². The number of halogens is 2. The maximum atomic E-state index is 13.1. The van der Waals surface area contributed by atoms with Crippen LogP contribution in [-0.2, 0) is 20.9 Å². The maximum Gasteiger partial charge on any atom is 0.250 e. The number of rotatable bonds is 7. The van der Waals surface area contributed by atoms with Crippen LogP contribution in [-0.4, -0.2) is 31.5 Å². The summed E-state index contributed by atoms with van der Waals surface area (Å²) in [5.74, 6) is -3.37. The smallest absolute Gasteiger partial charge is 0.250 e. The van der Waals surface area contributed by atoms with Crippen LogP contribution in [0.3, 0.4) is 0 Å². The van der Waals surface area contributed by atoms with Gasteiger partial charge in [0.25, 0.3) is 0 Å². The Balaban J connectivity index is 1.79. The topological polar surface area (TPSA) is 67.4 Å². The molecular weight excluding hydrogens is 318 g/mol. The first-order valence-corrected chi connectivity index (χ1v) is 7.90. The summed E-state index contributed by atoms with van der Waals surface area (Å²) >= 11 is 0. The van der Waals surface area contributed by atoms with Crippen LogP contribution in [0.5, 0.6) is 0 Å². The second-order valence-electron chi connectivity index (χ2n) is 6.13. The number of carbonyl (C=O) groups excluding carboxylic acids is 2. The van der Waals surface area contributed by atoms with Crippen molar-refractivity contribution in [2.75, 3.05) is 19.0 Å². The van der Waals surface area contributed by atoms with E-state index in [0.717, 1.165) is 5.56 Å². The van der Waals surface area contributed by atoms with Crippen LogP contribution in [0.4, 0.5) is 14.5 Å². The van der Waals surface area contributed by atoms with Crippen molar-refractivity contribution in [2.24, 2.45) is 5.92 Å². The summed E-state index contributed by atoms with van der Waals surface area (Å²) < 4.78 is 31.0. The lowest BCUT2D eigenvalue weighted by Gasteiger charge is -2.11. The Morgan fingerprint density at radius 3 is 2.79 bits per heavy atom. The fourth-order valence-corrected chi connectivity index (χ4v) is 2.84. The minimum atomic E-state index is -2.63. The molecule has 2 amide bonds. The van der Waals surface area contributed by atoms with Gasteiger partial charge in [-0.15, -0.1) is 0 Å². The Kier molecular flexibility index (Phi) is 6.25. The molecular formula is C17H22F2N2O3. The van der Waals surface area contributed by atoms with Crippen molar-refractivity contribution in [3.05, 3.63) is 29.8 Å². The Bertz CT molecular complexity index is 593. The highest BCUT2D eigenvalue weighted by atomic mass is 19.3. The van der Waals surface area contributed by atoms with Gasteiger partial charge in [-0.1, -0.05) is 12.1 Å². The van der Waals surface area contributed by atoms with Crippen molar-refractivity contribution in [1.29, 1.82) is 0 Å². The van der Waals surface area contributed by atoms with Crippen LogP contribution < -0.4 is 10.6 Å². The molecule has 1 fully saturated rings. The molecule has 0 aliphatic heterocycles. The van der Waals surface area contributed by atoms with E-state index < -0.39 is 5.92 Å². The number of ether oxygens (including phenoxy) is 1. The van der Waals surface area contributed by atoms with Gasteiger partial charge in [0.05, 0.1) is 0 Å². The Labute approximate surface area is 139 Å². The second-order valence-corrected chi connectivity index (χ2v) is 6.13. The second kappa shape index (κ2) is 8.19. The van der Waals surface area contributed by atoms with E-state index in [1.165, 1.54) is 7.11 Å². The van der Waals surface area contributed by atoms with E-state index in [9.17, 15) is 18.4 Å². The van der Waals surface area contributed by atoms with Crippen molar-refractivity contribution in [3.63, 3.8) is 0 Å². The molecule has 1 aromatic rings. The van der Waals surface area contributed by atoms with Gasteiger partial charge in [0.15, 0.2) is 0 Å². The van der Waals surface area contributed by atoms with Gasteiger partial charge in [-0.3, -0.25) is 9.59 Å². The Morgan fingerprint density at radius 2 is 2.12 bits per heavy atom. The van der Waals surface area contributed by atoms with Gasteiger partial charge >= 0.3 is 0 Å². The summed E-state index contributed by atoms with van der Waals surface area (Å²) in [6, 6.07) is 7.06. The summed E-state index contributed by atoms with van der Waals surface area (Å²) in [5.41, 5.74) is 1.43. The van der Waals surface area contributed by atoms with Gasteiger partial charge in [-0.2, -0.15) is 0 Å². The number of amides is 2. The molecule has 132 valence electrons. The third-order valence-electron chi connectivity index (χ3n) is 3.96. The number of benzene rings is 1. The molecule has 2 N–H and O–H groups in total. The first-order valence-electron chi connectivity index (χ1n) is 7.90. The summed E-state index contributed by atoms with van der Waals surface area (Å²) in [6.45, 7) is 0.253. The zero-order valence-electron chi connectivity index (χ0n) is 13.6. The Morgan fingerprint density at radius 1 is 1.33 bits per heavy atom. The summed E-state index contributed by atoms with van der Waals surface area (Å²) in [5, 5.41) is 5.42. The lowest BCUT2D eigenvalue weighted by atomic mass is 10.0. The first kappa shape index (κ1) is 18.3. The van der Waals surface area contributed by atoms with E-state index >= 15 is 0 Å². The molecule has 0 heterocycles. The monoisotopic (exact) mass is 340 g/mol. The summed E-state index contributed by atoms with van der Waals surface area (Å²) in [7, 11) is 1.44. The third-order valence-corrected chi connectivity index (χ3v) is 3.96. The van der Waals surface area contributed by atoms with E-state index in [1.807, 2.05) is 6.07 Å². The lowest BCUT2D eigenvalue weighted by Crippen LogP contribution is -2.25. The van der Waals surface area contributed by atoms with Crippen LogP contribution in [0, 0.1) is 5.92 Å². The van der Waals surface area contributed by atoms with Crippen LogP contribution in [0.25, 0.3) is 0 Å². The molecule has 1 aromatic carbocycles. The average Bonchev–Trinajstić information content (AvgIpc) is 2.84. The molecule has 1 aliphatic carbocycles. The van der Waals surface area contributed by atoms with Crippen molar-refractivity contribution < 1.29 is 23.1 Å². The number of anilines is 1. The van der Waals surface area contributed by atoms with Crippen LogP contribution >= 0.6 is 0 Å². The summed E-state index contributed by atoms with van der Waals surface area (Å²) in [4.78, 5) is 23.4. The molecule has 2 rings (SSSR count). The fourth-order valence-electron chi connectivity index (χ4n) is 2.84. The van der Waals surface area contributed by atoms with Gasteiger partial charge < -0.3 is 15.4 Å². The van der Waals surface area contributed by atoms with Crippen LogP contribution in [0.1, 0.15) is 31.2 Å². The third kappa shape index (κ3) is 5.88. The molecule has 24 heavy (non-hydrogen) atoms. The highest BCUT2D eigenvalue weighted by molar-refractivity contribution is 5.91. The van der Waals surface area contributed by atoms with Crippen LogP contribution in [0.2, 0.25) is 0 Å². The number of alkyl halides is 2. The van der Waals surface area contributed by atoms with E-state index in [1.54, 1.807) is 18.2 Å². The van der Waals surface area contributed by atoms with Gasteiger partial charge in [-0.05, 0) is 30.0 Å². The van der Waals surface area contributed by atoms with Gasteiger partial charge in [-0.25, -0.2) is 8.78 Å².